The number of aryl methyl sites for hydroxylation is 1. The number of hydrogen-bond acceptors (Lipinski definition) is 3. The summed E-state index contributed by atoms with van der Waals surface area (Å²) in [5.74, 6) is 0.885. The second-order valence-electron chi connectivity index (χ2n) is 4.40. The highest BCUT2D eigenvalue weighted by Gasteiger charge is 2.42. The van der Waals surface area contributed by atoms with E-state index < -0.39 is 0 Å². The number of halogens is 1. The molecule has 0 aromatic heterocycles. The van der Waals surface area contributed by atoms with Gasteiger partial charge in [0.05, 0.1) is 0 Å². The van der Waals surface area contributed by atoms with E-state index in [0.29, 0.717) is 6.04 Å². The lowest BCUT2D eigenvalue weighted by Crippen LogP contribution is -2.60. The van der Waals surface area contributed by atoms with Gasteiger partial charge >= 0.3 is 0 Å². The van der Waals surface area contributed by atoms with Gasteiger partial charge in [0.2, 0.25) is 0 Å². The van der Waals surface area contributed by atoms with Gasteiger partial charge in [-0.15, -0.1) is 0 Å². The van der Waals surface area contributed by atoms with Crippen molar-refractivity contribution in [1.82, 2.24) is 5.32 Å². The van der Waals surface area contributed by atoms with Gasteiger partial charge < -0.3 is 14.8 Å². The minimum Gasteiger partial charge on any atom is -0.487 e. The average molecular weight is 256 g/mol. The first kappa shape index (κ1) is 12.7. The predicted molar refractivity (Wildman–Crippen MR) is 68.9 cm³/mol. The topological polar surface area (TPSA) is 30.5 Å². The molecule has 0 radical (unpaired) electrons. The van der Waals surface area contributed by atoms with E-state index in [9.17, 15) is 0 Å². The normalized spacial score (nSPS) is 27.6. The van der Waals surface area contributed by atoms with E-state index in [-0.39, 0.29) is 12.2 Å². The molecule has 17 heavy (non-hydrogen) atoms. The average Bonchev–Trinajstić information content (AvgIpc) is 2.26. The summed E-state index contributed by atoms with van der Waals surface area (Å²) in [5.41, 5.74) is 1.06. The summed E-state index contributed by atoms with van der Waals surface area (Å²) in [4.78, 5) is 0. The van der Waals surface area contributed by atoms with Crippen molar-refractivity contribution < 1.29 is 9.47 Å². The van der Waals surface area contributed by atoms with E-state index in [4.69, 9.17) is 21.1 Å². The van der Waals surface area contributed by atoms with Gasteiger partial charge in [-0.25, -0.2) is 0 Å². The molecule has 3 atom stereocenters. The summed E-state index contributed by atoms with van der Waals surface area (Å²) in [7, 11) is 3.67. The number of methoxy groups -OCH3 is 1. The van der Waals surface area contributed by atoms with Crippen molar-refractivity contribution in [3.05, 3.63) is 28.8 Å². The van der Waals surface area contributed by atoms with E-state index in [1.54, 1.807) is 7.11 Å². The number of nitrogens with one attached hydrogen (secondary N) is 1. The fourth-order valence-electron chi connectivity index (χ4n) is 2.20. The number of rotatable bonds is 4. The number of hydrogen-bond donors (Lipinski definition) is 1. The Morgan fingerprint density at radius 1 is 1.41 bits per heavy atom. The fraction of sp³-hybridized carbons (Fsp3) is 0.538. The fourth-order valence-corrected chi connectivity index (χ4v) is 2.43. The quantitative estimate of drug-likeness (QED) is 0.896. The van der Waals surface area contributed by atoms with Gasteiger partial charge in [-0.3, -0.25) is 0 Å². The van der Waals surface area contributed by atoms with E-state index in [0.717, 1.165) is 22.8 Å². The van der Waals surface area contributed by atoms with Crippen molar-refractivity contribution >= 4 is 11.6 Å². The third-order valence-corrected chi connectivity index (χ3v) is 3.54. The van der Waals surface area contributed by atoms with Crippen LogP contribution in [0.5, 0.6) is 5.75 Å². The second-order valence-corrected chi connectivity index (χ2v) is 4.83. The molecular formula is C13H18ClNO2. The van der Waals surface area contributed by atoms with Crippen LogP contribution in [0.15, 0.2) is 18.2 Å². The molecule has 2 rings (SSSR count). The van der Waals surface area contributed by atoms with Gasteiger partial charge in [-0.05, 0) is 37.7 Å². The third kappa shape index (κ3) is 2.57. The lowest BCUT2D eigenvalue weighted by molar-refractivity contribution is -0.0871. The molecular weight excluding hydrogens is 238 g/mol. The Bertz CT molecular complexity index is 397. The van der Waals surface area contributed by atoms with Crippen molar-refractivity contribution in [2.45, 2.75) is 31.6 Å². The van der Waals surface area contributed by atoms with Gasteiger partial charge in [-0.2, -0.15) is 0 Å². The number of ether oxygens (including phenoxy) is 2. The van der Waals surface area contributed by atoms with Gasteiger partial charge in [0.25, 0.3) is 0 Å². The Balaban J connectivity index is 2.02. The lowest BCUT2D eigenvalue weighted by atomic mass is 9.85. The van der Waals surface area contributed by atoms with Crippen LogP contribution in [0.25, 0.3) is 0 Å². The van der Waals surface area contributed by atoms with Gasteiger partial charge in [0.1, 0.15) is 18.0 Å². The molecule has 1 saturated carbocycles. The highest BCUT2D eigenvalue weighted by Crippen LogP contribution is 2.31. The molecule has 1 N–H and O–H groups in total. The summed E-state index contributed by atoms with van der Waals surface area (Å²) in [5, 5.41) is 3.95. The molecule has 0 saturated heterocycles. The first-order valence-corrected chi connectivity index (χ1v) is 6.16. The Hall–Kier alpha value is -0.770. The zero-order valence-electron chi connectivity index (χ0n) is 10.4. The van der Waals surface area contributed by atoms with Crippen molar-refractivity contribution in [3.63, 3.8) is 0 Å². The van der Waals surface area contributed by atoms with E-state index in [1.807, 2.05) is 32.2 Å². The molecule has 0 aliphatic heterocycles. The van der Waals surface area contributed by atoms with Crippen LogP contribution in [0.2, 0.25) is 5.02 Å². The zero-order valence-corrected chi connectivity index (χ0v) is 11.1. The standard InChI is InChI=1S/C13H18ClNO2/c1-8-6-9(14)4-5-11(8)17-12-7-10(15-2)13(12)16-3/h4-6,10,12-13,15H,7H2,1-3H3. The number of benzene rings is 1. The second kappa shape index (κ2) is 5.25. The minimum atomic E-state index is 0.120. The van der Waals surface area contributed by atoms with Crippen molar-refractivity contribution in [3.8, 4) is 5.75 Å². The summed E-state index contributed by atoms with van der Waals surface area (Å²) in [6.07, 6.45) is 1.21. The van der Waals surface area contributed by atoms with Crippen LogP contribution in [0, 0.1) is 6.92 Å². The monoisotopic (exact) mass is 255 g/mol. The van der Waals surface area contributed by atoms with E-state index in [1.165, 1.54) is 0 Å². The Labute approximate surface area is 107 Å². The highest BCUT2D eigenvalue weighted by atomic mass is 35.5. The first-order valence-electron chi connectivity index (χ1n) is 5.78. The molecule has 0 bridgehead atoms. The van der Waals surface area contributed by atoms with Gasteiger partial charge in [0, 0.05) is 24.6 Å². The van der Waals surface area contributed by atoms with Crippen molar-refractivity contribution in [2.24, 2.45) is 0 Å². The predicted octanol–water partition coefficient (Wildman–Crippen LogP) is 2.40. The minimum absolute atomic E-state index is 0.120. The molecule has 3 unspecified atom stereocenters. The third-order valence-electron chi connectivity index (χ3n) is 3.31. The smallest absolute Gasteiger partial charge is 0.128 e. The summed E-state index contributed by atoms with van der Waals surface area (Å²) >= 11 is 5.91. The molecule has 0 heterocycles. The molecule has 1 fully saturated rings. The Kier molecular flexibility index (Phi) is 3.92. The Morgan fingerprint density at radius 3 is 2.76 bits per heavy atom. The molecule has 1 aliphatic rings. The molecule has 1 aromatic rings. The summed E-state index contributed by atoms with van der Waals surface area (Å²) in [6, 6.07) is 6.06. The van der Waals surface area contributed by atoms with Gasteiger partial charge in [-0.1, -0.05) is 11.6 Å². The molecule has 4 heteroatoms. The van der Waals surface area contributed by atoms with Crippen molar-refractivity contribution in [2.75, 3.05) is 14.2 Å². The van der Waals surface area contributed by atoms with Crippen molar-refractivity contribution in [1.29, 1.82) is 0 Å². The highest BCUT2D eigenvalue weighted by molar-refractivity contribution is 6.30. The molecule has 1 aromatic carbocycles. The zero-order chi connectivity index (χ0) is 12.4. The maximum Gasteiger partial charge on any atom is 0.128 e. The summed E-state index contributed by atoms with van der Waals surface area (Å²) < 4.78 is 11.4. The summed E-state index contributed by atoms with van der Waals surface area (Å²) in [6.45, 7) is 2.00. The van der Waals surface area contributed by atoms with Crippen LogP contribution in [-0.2, 0) is 4.74 Å². The lowest BCUT2D eigenvalue weighted by Gasteiger charge is -2.43. The number of likely N-dealkylation sites (N-methyl/N-ethyl adjacent to an activating group) is 1. The molecule has 3 nitrogen and oxygen atoms in total. The molecule has 1 aliphatic carbocycles. The first-order chi connectivity index (χ1) is 8.15. The van der Waals surface area contributed by atoms with E-state index in [2.05, 4.69) is 5.32 Å². The molecule has 0 amide bonds. The van der Waals surface area contributed by atoms with E-state index >= 15 is 0 Å². The Morgan fingerprint density at radius 2 is 2.18 bits per heavy atom. The van der Waals surface area contributed by atoms with Gasteiger partial charge in [0.15, 0.2) is 0 Å². The van der Waals surface area contributed by atoms with Crippen LogP contribution < -0.4 is 10.1 Å². The largest absolute Gasteiger partial charge is 0.487 e. The van der Waals surface area contributed by atoms with Crippen LogP contribution >= 0.6 is 11.6 Å². The van der Waals surface area contributed by atoms with Crippen LogP contribution in [0.3, 0.4) is 0 Å². The van der Waals surface area contributed by atoms with Crippen LogP contribution in [0.1, 0.15) is 12.0 Å². The molecule has 94 valence electrons. The van der Waals surface area contributed by atoms with Crippen LogP contribution in [0.4, 0.5) is 0 Å². The molecule has 0 spiro atoms. The van der Waals surface area contributed by atoms with Crippen LogP contribution in [-0.4, -0.2) is 32.4 Å². The maximum atomic E-state index is 5.95. The maximum absolute atomic E-state index is 5.95. The SMILES string of the molecule is CNC1CC(Oc2ccc(Cl)cc2C)C1OC.